The predicted octanol–water partition coefficient (Wildman–Crippen LogP) is 0.991. The number of nitrogens with zero attached hydrogens (tertiary/aromatic N) is 2. The van der Waals surface area contributed by atoms with Crippen molar-refractivity contribution in [2.45, 2.75) is 25.8 Å². The molecular weight excluding hydrogens is 202 g/mol. The van der Waals surface area contributed by atoms with Gasteiger partial charge >= 0.3 is 0 Å². The minimum Gasteiger partial charge on any atom is -0.373 e. The van der Waals surface area contributed by atoms with E-state index in [0.717, 1.165) is 30.5 Å². The van der Waals surface area contributed by atoms with E-state index < -0.39 is 0 Å². The van der Waals surface area contributed by atoms with E-state index in [-0.39, 0.29) is 0 Å². The monoisotopic (exact) mass is 221 g/mol. The molecule has 1 aromatic heterocycles. The molecule has 2 rings (SSSR count). The molecule has 5 nitrogen and oxygen atoms in total. The zero-order valence-corrected chi connectivity index (χ0v) is 9.88. The Bertz CT molecular complexity index is 346. The van der Waals surface area contributed by atoms with Gasteiger partial charge in [0.15, 0.2) is 0 Å². The number of anilines is 2. The maximum atomic E-state index is 4.39. The molecule has 0 spiro atoms. The van der Waals surface area contributed by atoms with Crippen LogP contribution in [0.4, 0.5) is 11.6 Å². The summed E-state index contributed by atoms with van der Waals surface area (Å²) in [6.45, 7) is 4.05. The first-order chi connectivity index (χ1) is 7.78. The molecule has 0 saturated carbocycles. The van der Waals surface area contributed by atoms with Gasteiger partial charge in [-0.15, -0.1) is 0 Å². The average Bonchev–Trinajstić information content (AvgIpc) is 2.29. The molecule has 0 radical (unpaired) electrons. The van der Waals surface area contributed by atoms with Crippen LogP contribution in [-0.4, -0.2) is 36.1 Å². The van der Waals surface area contributed by atoms with E-state index in [1.807, 2.05) is 20.0 Å². The fourth-order valence-electron chi connectivity index (χ4n) is 1.95. The maximum absolute atomic E-state index is 4.39. The molecule has 0 amide bonds. The van der Waals surface area contributed by atoms with Crippen LogP contribution in [0.3, 0.4) is 0 Å². The van der Waals surface area contributed by atoms with Gasteiger partial charge in [0.05, 0.1) is 0 Å². The van der Waals surface area contributed by atoms with E-state index in [1.165, 1.54) is 12.8 Å². The first-order valence-corrected chi connectivity index (χ1v) is 5.78. The van der Waals surface area contributed by atoms with Crippen LogP contribution in [0.2, 0.25) is 0 Å². The Labute approximate surface area is 96.1 Å². The lowest BCUT2D eigenvalue weighted by molar-refractivity contribution is 0.479. The summed E-state index contributed by atoms with van der Waals surface area (Å²) < 4.78 is 0. The van der Waals surface area contributed by atoms with Crippen LogP contribution in [0.1, 0.15) is 18.7 Å². The quantitative estimate of drug-likeness (QED) is 0.710. The van der Waals surface area contributed by atoms with E-state index >= 15 is 0 Å². The van der Waals surface area contributed by atoms with Crippen LogP contribution in [0.25, 0.3) is 0 Å². The topological polar surface area (TPSA) is 61.9 Å². The zero-order chi connectivity index (χ0) is 11.4. The number of aromatic nitrogens is 2. The van der Waals surface area contributed by atoms with Crippen molar-refractivity contribution in [1.29, 1.82) is 0 Å². The van der Waals surface area contributed by atoms with E-state index in [1.54, 1.807) is 0 Å². The Morgan fingerprint density at radius 1 is 1.38 bits per heavy atom. The maximum Gasteiger partial charge on any atom is 0.132 e. The number of piperidine rings is 1. The molecule has 1 aliphatic heterocycles. The van der Waals surface area contributed by atoms with Crippen molar-refractivity contribution in [1.82, 2.24) is 15.3 Å². The Morgan fingerprint density at radius 3 is 2.88 bits per heavy atom. The summed E-state index contributed by atoms with van der Waals surface area (Å²) in [5, 5.41) is 9.86. The molecule has 3 N–H and O–H groups in total. The van der Waals surface area contributed by atoms with E-state index in [4.69, 9.17) is 0 Å². The van der Waals surface area contributed by atoms with Gasteiger partial charge in [0, 0.05) is 25.7 Å². The fraction of sp³-hybridized carbons (Fsp3) is 0.636. The minimum absolute atomic E-state index is 0.479. The van der Waals surface area contributed by atoms with Crippen LogP contribution in [0.15, 0.2) is 6.07 Å². The van der Waals surface area contributed by atoms with Crippen molar-refractivity contribution in [3.63, 3.8) is 0 Å². The Morgan fingerprint density at radius 2 is 2.19 bits per heavy atom. The van der Waals surface area contributed by atoms with Gasteiger partial charge in [-0.25, -0.2) is 9.97 Å². The summed E-state index contributed by atoms with van der Waals surface area (Å²) in [6.07, 6.45) is 2.42. The second-order valence-corrected chi connectivity index (χ2v) is 4.12. The summed E-state index contributed by atoms with van der Waals surface area (Å²) in [6, 6.07) is 2.43. The molecule has 0 bridgehead atoms. The molecule has 88 valence electrons. The summed E-state index contributed by atoms with van der Waals surface area (Å²) in [4.78, 5) is 8.65. The van der Waals surface area contributed by atoms with Gasteiger partial charge in [-0.2, -0.15) is 0 Å². The first kappa shape index (κ1) is 11.1. The highest BCUT2D eigenvalue weighted by atomic mass is 15.1. The van der Waals surface area contributed by atoms with Gasteiger partial charge in [-0.1, -0.05) is 0 Å². The average molecular weight is 221 g/mol. The number of aryl methyl sites for hydroxylation is 1. The third-order valence-corrected chi connectivity index (χ3v) is 2.74. The normalized spacial score (nSPS) is 20.5. The summed E-state index contributed by atoms with van der Waals surface area (Å²) >= 11 is 0. The van der Waals surface area contributed by atoms with Crippen LogP contribution in [-0.2, 0) is 0 Å². The van der Waals surface area contributed by atoms with Crippen molar-refractivity contribution < 1.29 is 0 Å². The largest absolute Gasteiger partial charge is 0.373 e. The SMILES string of the molecule is CNc1cc(NC2CCCNC2)nc(C)n1. The predicted molar refractivity (Wildman–Crippen MR) is 65.8 cm³/mol. The van der Waals surface area contributed by atoms with Crippen molar-refractivity contribution in [3.05, 3.63) is 11.9 Å². The lowest BCUT2D eigenvalue weighted by Crippen LogP contribution is -2.38. The molecular formula is C11H19N5. The fourth-order valence-corrected chi connectivity index (χ4v) is 1.95. The van der Waals surface area contributed by atoms with Gasteiger partial charge in [0.1, 0.15) is 17.5 Å². The van der Waals surface area contributed by atoms with E-state index in [9.17, 15) is 0 Å². The minimum atomic E-state index is 0.479. The third kappa shape index (κ3) is 2.82. The van der Waals surface area contributed by atoms with Crippen molar-refractivity contribution in [2.24, 2.45) is 0 Å². The molecule has 5 heteroatoms. The van der Waals surface area contributed by atoms with E-state index in [2.05, 4.69) is 25.9 Å². The second kappa shape index (κ2) is 5.12. The van der Waals surface area contributed by atoms with Crippen LogP contribution < -0.4 is 16.0 Å². The Balaban J connectivity index is 2.04. The van der Waals surface area contributed by atoms with Gasteiger partial charge in [-0.05, 0) is 26.3 Å². The molecule has 0 aromatic carbocycles. The molecule has 1 saturated heterocycles. The molecule has 1 aromatic rings. The number of nitrogens with one attached hydrogen (secondary N) is 3. The van der Waals surface area contributed by atoms with Crippen LogP contribution in [0, 0.1) is 6.92 Å². The number of hydrogen-bond donors (Lipinski definition) is 3. The smallest absolute Gasteiger partial charge is 0.132 e. The standard InChI is InChI=1S/C11H19N5/c1-8-14-10(12-2)6-11(15-8)16-9-4-3-5-13-7-9/h6,9,13H,3-5,7H2,1-2H3,(H2,12,14,15,16). The summed E-state index contributed by atoms with van der Waals surface area (Å²) in [7, 11) is 1.87. The lowest BCUT2D eigenvalue weighted by Gasteiger charge is -2.24. The van der Waals surface area contributed by atoms with Crippen molar-refractivity contribution >= 4 is 11.6 Å². The third-order valence-electron chi connectivity index (χ3n) is 2.74. The lowest BCUT2D eigenvalue weighted by atomic mass is 10.1. The zero-order valence-electron chi connectivity index (χ0n) is 9.88. The van der Waals surface area contributed by atoms with Gasteiger partial charge in [-0.3, -0.25) is 0 Å². The summed E-state index contributed by atoms with van der Waals surface area (Å²) in [5.74, 6) is 2.56. The Hall–Kier alpha value is -1.36. The molecule has 1 atom stereocenters. The van der Waals surface area contributed by atoms with E-state index in [0.29, 0.717) is 6.04 Å². The van der Waals surface area contributed by atoms with Crippen molar-refractivity contribution in [3.8, 4) is 0 Å². The van der Waals surface area contributed by atoms with Crippen LogP contribution >= 0.6 is 0 Å². The molecule has 2 heterocycles. The molecule has 0 aliphatic carbocycles. The highest BCUT2D eigenvalue weighted by molar-refractivity contribution is 5.47. The number of hydrogen-bond acceptors (Lipinski definition) is 5. The van der Waals surface area contributed by atoms with Crippen molar-refractivity contribution in [2.75, 3.05) is 30.8 Å². The van der Waals surface area contributed by atoms with Gasteiger partial charge < -0.3 is 16.0 Å². The molecule has 1 unspecified atom stereocenters. The Kier molecular flexibility index (Phi) is 3.56. The summed E-state index contributed by atoms with van der Waals surface area (Å²) in [5.41, 5.74) is 0. The van der Waals surface area contributed by atoms with Gasteiger partial charge in [0.2, 0.25) is 0 Å². The van der Waals surface area contributed by atoms with Crippen LogP contribution in [0.5, 0.6) is 0 Å². The van der Waals surface area contributed by atoms with Gasteiger partial charge in [0.25, 0.3) is 0 Å². The highest BCUT2D eigenvalue weighted by Gasteiger charge is 2.13. The first-order valence-electron chi connectivity index (χ1n) is 5.78. The molecule has 1 fully saturated rings. The molecule has 1 aliphatic rings. The molecule has 16 heavy (non-hydrogen) atoms. The highest BCUT2D eigenvalue weighted by Crippen LogP contribution is 2.13. The number of rotatable bonds is 3. The second-order valence-electron chi connectivity index (χ2n) is 4.12.